The number of hydrogen-bond donors (Lipinski definition) is 0. The Morgan fingerprint density at radius 3 is 2.00 bits per heavy atom. The molecule has 0 amide bonds. The highest BCUT2D eigenvalue weighted by Gasteiger charge is 2.53. The minimum Gasteiger partial charge on any atom is -0.404 e. The predicted molar refractivity (Wildman–Crippen MR) is 104 cm³/mol. The van der Waals surface area contributed by atoms with Crippen LogP contribution < -0.4 is 9.05 Å². The van der Waals surface area contributed by atoms with E-state index in [1.165, 1.54) is 12.1 Å². The van der Waals surface area contributed by atoms with Crippen molar-refractivity contribution in [2.45, 2.75) is 6.04 Å². The molecule has 2 unspecified atom stereocenters. The van der Waals surface area contributed by atoms with Crippen LogP contribution in [-0.4, -0.2) is 16.1 Å². The summed E-state index contributed by atoms with van der Waals surface area (Å²) in [5.41, 5.74) is 0.690. The van der Waals surface area contributed by atoms with E-state index in [1.54, 1.807) is 65.3 Å². The van der Waals surface area contributed by atoms with Gasteiger partial charge in [0.15, 0.2) is 0 Å². The maximum absolute atomic E-state index is 13.7. The Balaban J connectivity index is 1.62. The summed E-state index contributed by atoms with van der Waals surface area (Å²) in [6.07, 6.45) is 0. The highest BCUT2D eigenvalue weighted by Crippen LogP contribution is 2.62. The van der Waals surface area contributed by atoms with E-state index in [9.17, 15) is 14.7 Å². The molecular weight excluding hydrogens is 379 g/mol. The van der Waals surface area contributed by atoms with Crippen LogP contribution in [0.5, 0.6) is 11.5 Å². The van der Waals surface area contributed by atoms with Gasteiger partial charge in [-0.05, 0) is 29.8 Å². The molecule has 0 aromatic heterocycles. The van der Waals surface area contributed by atoms with Crippen molar-refractivity contribution in [2.24, 2.45) is 0 Å². The fourth-order valence-corrected chi connectivity index (χ4v) is 4.73. The number of benzene rings is 3. The van der Waals surface area contributed by atoms with Crippen molar-refractivity contribution in [3.63, 3.8) is 0 Å². The Morgan fingerprint density at radius 2 is 1.46 bits per heavy atom. The van der Waals surface area contributed by atoms with E-state index in [2.05, 4.69) is 0 Å². The number of para-hydroxylation sites is 2. The average molecular weight is 396 g/mol. The molecule has 142 valence electrons. The Morgan fingerprint density at radius 1 is 0.893 bits per heavy atom. The summed E-state index contributed by atoms with van der Waals surface area (Å²) in [4.78, 5) is 10.6. The van der Waals surface area contributed by atoms with Crippen molar-refractivity contribution in [3.8, 4) is 11.5 Å². The molecule has 8 heteroatoms. The number of nitro benzene ring substituents is 1. The summed E-state index contributed by atoms with van der Waals surface area (Å²) in [5.74, 6) is 0.845. The first kappa shape index (κ1) is 18.2. The summed E-state index contributed by atoms with van der Waals surface area (Å²) in [6, 6.07) is 23.6. The zero-order valence-electron chi connectivity index (χ0n) is 14.8. The fourth-order valence-electron chi connectivity index (χ4n) is 2.88. The minimum absolute atomic E-state index is 0.00728. The highest BCUT2D eigenvalue weighted by atomic mass is 31.2. The van der Waals surface area contributed by atoms with Crippen LogP contribution in [0.3, 0.4) is 0 Å². The van der Waals surface area contributed by atoms with Crippen LogP contribution in [0, 0.1) is 10.1 Å². The summed E-state index contributed by atoms with van der Waals surface area (Å²) in [6.45, 7) is 0.415. The van der Waals surface area contributed by atoms with Gasteiger partial charge in [-0.1, -0.05) is 48.5 Å². The van der Waals surface area contributed by atoms with Crippen LogP contribution in [0.15, 0.2) is 84.9 Å². The van der Waals surface area contributed by atoms with Gasteiger partial charge in [-0.15, -0.1) is 0 Å². The molecule has 0 bridgehead atoms. The monoisotopic (exact) mass is 396 g/mol. The van der Waals surface area contributed by atoms with Crippen molar-refractivity contribution < 1.29 is 18.5 Å². The van der Waals surface area contributed by atoms with Crippen LogP contribution in [0.25, 0.3) is 0 Å². The molecule has 4 rings (SSSR count). The molecule has 0 saturated carbocycles. The van der Waals surface area contributed by atoms with Gasteiger partial charge >= 0.3 is 7.75 Å². The molecule has 1 fully saturated rings. The molecule has 0 N–H and O–H groups in total. The van der Waals surface area contributed by atoms with Gasteiger partial charge in [-0.3, -0.25) is 10.1 Å². The summed E-state index contributed by atoms with van der Waals surface area (Å²) in [5, 5.41) is 11.0. The molecule has 1 saturated heterocycles. The summed E-state index contributed by atoms with van der Waals surface area (Å²) >= 11 is 0. The quantitative estimate of drug-likeness (QED) is 0.236. The molecule has 3 aromatic rings. The van der Waals surface area contributed by atoms with Gasteiger partial charge in [0.25, 0.3) is 5.69 Å². The van der Waals surface area contributed by atoms with Crippen molar-refractivity contribution in [3.05, 3.63) is 101 Å². The lowest BCUT2D eigenvalue weighted by molar-refractivity contribution is -0.384. The van der Waals surface area contributed by atoms with Crippen LogP contribution in [0.2, 0.25) is 0 Å². The first-order valence-electron chi connectivity index (χ1n) is 8.66. The molecule has 2 atom stereocenters. The van der Waals surface area contributed by atoms with E-state index >= 15 is 0 Å². The molecule has 1 heterocycles. The Labute approximate surface area is 161 Å². The molecule has 28 heavy (non-hydrogen) atoms. The van der Waals surface area contributed by atoms with Gasteiger partial charge in [0.2, 0.25) is 0 Å². The highest BCUT2D eigenvalue weighted by molar-refractivity contribution is 7.52. The van der Waals surface area contributed by atoms with Crippen molar-refractivity contribution in [2.75, 3.05) is 6.54 Å². The van der Waals surface area contributed by atoms with Crippen molar-refractivity contribution in [1.82, 2.24) is 4.67 Å². The maximum Gasteiger partial charge on any atom is 0.516 e. The van der Waals surface area contributed by atoms with Gasteiger partial charge in [0, 0.05) is 18.7 Å². The zero-order chi connectivity index (χ0) is 19.6. The van der Waals surface area contributed by atoms with E-state index in [-0.39, 0.29) is 11.7 Å². The van der Waals surface area contributed by atoms with Crippen LogP contribution in [0.4, 0.5) is 5.69 Å². The fraction of sp³-hybridized carbons (Fsp3) is 0.100. The van der Waals surface area contributed by atoms with E-state index in [1.807, 2.05) is 12.1 Å². The van der Waals surface area contributed by atoms with Crippen molar-refractivity contribution in [1.29, 1.82) is 0 Å². The Kier molecular flexibility index (Phi) is 4.86. The molecule has 1 aliphatic heterocycles. The Hall–Kier alpha value is -3.15. The summed E-state index contributed by atoms with van der Waals surface area (Å²) in [7, 11) is -3.72. The van der Waals surface area contributed by atoms with Crippen LogP contribution in [-0.2, 0) is 4.57 Å². The topological polar surface area (TPSA) is 81.7 Å². The smallest absolute Gasteiger partial charge is 0.404 e. The maximum atomic E-state index is 13.7. The van der Waals surface area contributed by atoms with Gasteiger partial charge < -0.3 is 9.05 Å². The minimum atomic E-state index is -3.72. The normalized spacial score (nSPS) is 18.3. The van der Waals surface area contributed by atoms with Gasteiger partial charge in [-0.2, -0.15) is 4.67 Å². The van der Waals surface area contributed by atoms with Gasteiger partial charge in [-0.25, -0.2) is 4.57 Å². The lowest BCUT2D eigenvalue weighted by atomic mass is 10.1. The molecule has 7 nitrogen and oxygen atoms in total. The lowest BCUT2D eigenvalue weighted by Crippen LogP contribution is -2.09. The molecule has 3 aromatic carbocycles. The third-order valence-electron chi connectivity index (χ3n) is 4.29. The second-order valence-electron chi connectivity index (χ2n) is 6.27. The SMILES string of the molecule is O=[N+]([O-])c1cccc(C2CN2P(=O)(Oc2ccccc2)Oc2ccccc2)c1. The molecular formula is C20H17N2O5P. The number of hydrogen-bond acceptors (Lipinski definition) is 5. The molecule has 0 spiro atoms. The predicted octanol–water partition coefficient (Wildman–Crippen LogP) is 5.22. The first-order chi connectivity index (χ1) is 13.5. The third kappa shape index (κ3) is 3.91. The Bertz CT molecular complexity index is 984. The summed E-state index contributed by atoms with van der Waals surface area (Å²) < 4.78 is 26.8. The van der Waals surface area contributed by atoms with E-state index in [0.29, 0.717) is 23.6 Å². The lowest BCUT2D eigenvalue weighted by Gasteiger charge is -2.21. The number of nitro groups is 1. The molecule has 1 aliphatic rings. The molecule has 0 radical (unpaired) electrons. The van der Waals surface area contributed by atoms with Crippen LogP contribution >= 0.6 is 7.75 Å². The van der Waals surface area contributed by atoms with Gasteiger partial charge in [0.1, 0.15) is 11.5 Å². The first-order valence-corrected chi connectivity index (χ1v) is 10.2. The van der Waals surface area contributed by atoms with Crippen LogP contribution in [0.1, 0.15) is 11.6 Å². The van der Waals surface area contributed by atoms with Gasteiger partial charge in [0.05, 0.1) is 11.0 Å². The largest absolute Gasteiger partial charge is 0.516 e. The number of nitrogens with zero attached hydrogens (tertiary/aromatic N) is 2. The number of rotatable bonds is 7. The van der Waals surface area contributed by atoms with Crippen molar-refractivity contribution >= 4 is 13.4 Å². The third-order valence-corrected chi connectivity index (χ3v) is 6.25. The average Bonchev–Trinajstić information content (AvgIpc) is 3.51. The zero-order valence-corrected chi connectivity index (χ0v) is 15.6. The van der Waals surface area contributed by atoms with E-state index < -0.39 is 12.7 Å². The molecule has 0 aliphatic carbocycles. The standard InChI is InChI=1S/C20H17N2O5P/c23-22(24)17-9-7-8-16(14-17)20-15-21(20)28(25,26-18-10-3-1-4-11-18)27-19-12-5-2-6-13-19/h1-14,20H,15H2. The second-order valence-corrected chi connectivity index (χ2v) is 8.08. The second kappa shape index (κ2) is 7.46. The number of non-ortho nitro benzene ring substituents is 1. The van der Waals surface area contributed by atoms with E-state index in [0.717, 1.165) is 0 Å². The van der Waals surface area contributed by atoms with E-state index in [4.69, 9.17) is 9.05 Å².